The molecule has 0 amide bonds. The lowest BCUT2D eigenvalue weighted by Crippen LogP contribution is -2.18. The minimum atomic E-state index is -0.475. The van der Waals surface area contributed by atoms with Crippen molar-refractivity contribution in [3.05, 3.63) is 64.9 Å². The van der Waals surface area contributed by atoms with E-state index in [1.54, 1.807) is 29.1 Å². The largest absolute Gasteiger partial charge is 0.456 e. The maximum Gasteiger partial charge on any atom is 0.326 e. The first-order chi connectivity index (χ1) is 11.1. The number of hydrogen-bond donors (Lipinski definition) is 0. The monoisotopic (exact) mass is 372 g/mol. The number of ketones is 1. The molecule has 0 spiro atoms. The van der Waals surface area contributed by atoms with E-state index >= 15 is 0 Å². The second-order valence-corrected chi connectivity index (χ2v) is 5.87. The summed E-state index contributed by atoms with van der Waals surface area (Å²) in [6.45, 7) is -0.256. The topological polar surface area (TPSA) is 61.2 Å². The van der Waals surface area contributed by atoms with Crippen molar-refractivity contribution in [2.45, 2.75) is 6.54 Å². The first-order valence-electron chi connectivity index (χ1n) is 6.98. The van der Waals surface area contributed by atoms with Crippen molar-refractivity contribution in [2.24, 2.45) is 0 Å². The summed E-state index contributed by atoms with van der Waals surface area (Å²) in [7, 11) is 0. The maximum atomic E-state index is 12.0. The van der Waals surface area contributed by atoms with Crippen LogP contribution < -0.4 is 0 Å². The van der Waals surface area contributed by atoms with Gasteiger partial charge in [-0.1, -0.05) is 40.2 Å². The van der Waals surface area contributed by atoms with Gasteiger partial charge in [0.2, 0.25) is 0 Å². The molecule has 1 aromatic heterocycles. The van der Waals surface area contributed by atoms with E-state index in [4.69, 9.17) is 4.74 Å². The molecule has 0 aliphatic carbocycles. The highest BCUT2D eigenvalue weighted by Crippen LogP contribution is 2.13. The van der Waals surface area contributed by atoms with Gasteiger partial charge in [-0.05, 0) is 24.3 Å². The smallest absolute Gasteiger partial charge is 0.326 e. The van der Waals surface area contributed by atoms with E-state index in [9.17, 15) is 9.59 Å². The number of hydrogen-bond acceptors (Lipinski definition) is 4. The third-order valence-corrected chi connectivity index (χ3v) is 3.83. The van der Waals surface area contributed by atoms with Crippen LogP contribution in [0.2, 0.25) is 0 Å². The molecule has 3 rings (SSSR count). The van der Waals surface area contributed by atoms with Gasteiger partial charge in [0, 0.05) is 10.0 Å². The molecule has 2 aromatic carbocycles. The normalized spacial score (nSPS) is 10.7. The van der Waals surface area contributed by atoms with Crippen LogP contribution >= 0.6 is 15.9 Å². The summed E-state index contributed by atoms with van der Waals surface area (Å²) in [6, 6.07) is 14.5. The minimum absolute atomic E-state index is 0.0201. The third kappa shape index (κ3) is 3.65. The molecule has 116 valence electrons. The summed E-state index contributed by atoms with van der Waals surface area (Å²) in [6.07, 6.45) is 1.59. The van der Waals surface area contributed by atoms with E-state index in [1.165, 1.54) is 0 Å². The fraction of sp³-hybridized carbons (Fsp3) is 0.118. The Morgan fingerprint density at radius 3 is 2.78 bits per heavy atom. The number of carbonyl (C=O) groups is 2. The lowest BCUT2D eigenvalue weighted by atomic mass is 10.1. The van der Waals surface area contributed by atoms with Gasteiger partial charge in [-0.15, -0.1) is 0 Å². The molecule has 0 saturated carbocycles. The van der Waals surface area contributed by atoms with Crippen molar-refractivity contribution in [1.82, 2.24) is 9.55 Å². The molecule has 0 saturated heterocycles. The molecule has 0 atom stereocenters. The van der Waals surface area contributed by atoms with E-state index in [0.717, 1.165) is 15.5 Å². The predicted octanol–water partition coefficient (Wildman–Crippen LogP) is 3.22. The van der Waals surface area contributed by atoms with E-state index in [-0.39, 0.29) is 18.9 Å². The van der Waals surface area contributed by atoms with Gasteiger partial charge in [0.25, 0.3) is 0 Å². The van der Waals surface area contributed by atoms with E-state index in [2.05, 4.69) is 20.9 Å². The fourth-order valence-electron chi connectivity index (χ4n) is 2.21. The Kier molecular flexibility index (Phi) is 4.52. The first kappa shape index (κ1) is 15.4. The molecular formula is C17H13BrN2O3. The van der Waals surface area contributed by atoms with Gasteiger partial charge < -0.3 is 9.30 Å². The van der Waals surface area contributed by atoms with Crippen LogP contribution in [0.5, 0.6) is 0 Å². The summed E-state index contributed by atoms with van der Waals surface area (Å²) in [4.78, 5) is 28.1. The van der Waals surface area contributed by atoms with Gasteiger partial charge in [0.05, 0.1) is 17.4 Å². The van der Waals surface area contributed by atoms with Crippen LogP contribution in [0.3, 0.4) is 0 Å². The zero-order chi connectivity index (χ0) is 16.2. The summed E-state index contributed by atoms with van der Waals surface area (Å²) >= 11 is 3.30. The average molecular weight is 373 g/mol. The number of carbonyl (C=O) groups excluding carboxylic acids is 2. The lowest BCUT2D eigenvalue weighted by molar-refractivity contribution is -0.143. The molecule has 0 aliphatic rings. The number of Topliss-reactive ketones (excluding diaryl/α,β-unsaturated/α-hetero) is 1. The Morgan fingerprint density at radius 2 is 1.96 bits per heavy atom. The Morgan fingerprint density at radius 1 is 1.13 bits per heavy atom. The van der Waals surface area contributed by atoms with Gasteiger partial charge >= 0.3 is 5.97 Å². The van der Waals surface area contributed by atoms with Crippen LogP contribution in [0.25, 0.3) is 11.0 Å². The molecule has 1 heterocycles. The van der Waals surface area contributed by atoms with Gasteiger partial charge in [-0.25, -0.2) is 4.98 Å². The number of esters is 1. The molecule has 6 heteroatoms. The van der Waals surface area contributed by atoms with E-state index in [1.807, 2.05) is 30.3 Å². The van der Waals surface area contributed by atoms with Crippen LogP contribution in [-0.2, 0) is 16.1 Å². The second kappa shape index (κ2) is 6.75. The number of fused-ring (bicyclic) bond motifs is 1. The third-order valence-electron chi connectivity index (χ3n) is 3.34. The van der Waals surface area contributed by atoms with Crippen molar-refractivity contribution >= 4 is 38.7 Å². The van der Waals surface area contributed by atoms with Crippen LogP contribution in [0.1, 0.15) is 10.4 Å². The number of ether oxygens (including phenoxy) is 1. The minimum Gasteiger partial charge on any atom is -0.456 e. The van der Waals surface area contributed by atoms with Gasteiger partial charge in [-0.2, -0.15) is 0 Å². The Labute approximate surface area is 141 Å². The molecule has 0 unspecified atom stereocenters. The Bertz CT molecular complexity index is 873. The van der Waals surface area contributed by atoms with Gasteiger partial charge in [0.15, 0.2) is 12.4 Å². The molecule has 0 fully saturated rings. The number of imidazole rings is 1. The van der Waals surface area contributed by atoms with Gasteiger partial charge in [-0.3, -0.25) is 9.59 Å². The average Bonchev–Trinajstić information content (AvgIpc) is 2.96. The number of aromatic nitrogens is 2. The van der Waals surface area contributed by atoms with Crippen molar-refractivity contribution in [1.29, 1.82) is 0 Å². The zero-order valence-corrected chi connectivity index (χ0v) is 13.7. The summed E-state index contributed by atoms with van der Waals surface area (Å²) < 4.78 is 7.57. The van der Waals surface area contributed by atoms with Crippen LogP contribution in [0, 0.1) is 0 Å². The molecule has 0 N–H and O–H groups in total. The molecule has 0 aliphatic heterocycles. The number of para-hydroxylation sites is 2. The standard InChI is InChI=1S/C17H13BrN2O3/c18-13-5-3-4-12(8-13)16(21)10-23-17(22)9-20-11-19-14-6-1-2-7-15(14)20/h1-8,11H,9-10H2. The molecular weight excluding hydrogens is 360 g/mol. The van der Waals surface area contributed by atoms with Crippen molar-refractivity contribution in [2.75, 3.05) is 6.61 Å². The number of halogens is 1. The highest BCUT2D eigenvalue weighted by Gasteiger charge is 2.12. The number of rotatable bonds is 5. The van der Waals surface area contributed by atoms with Crippen LogP contribution in [0.4, 0.5) is 0 Å². The van der Waals surface area contributed by atoms with Crippen molar-refractivity contribution in [3.63, 3.8) is 0 Å². The predicted molar refractivity (Wildman–Crippen MR) is 89.2 cm³/mol. The quantitative estimate of drug-likeness (QED) is 0.509. The van der Waals surface area contributed by atoms with E-state index < -0.39 is 5.97 Å². The summed E-state index contributed by atoms with van der Waals surface area (Å²) in [5.41, 5.74) is 2.16. The maximum absolute atomic E-state index is 12.0. The summed E-state index contributed by atoms with van der Waals surface area (Å²) in [5.74, 6) is -0.716. The van der Waals surface area contributed by atoms with Crippen molar-refractivity contribution < 1.29 is 14.3 Å². The SMILES string of the molecule is O=C(Cn1cnc2ccccc21)OCC(=O)c1cccc(Br)c1. The van der Waals surface area contributed by atoms with Crippen LogP contribution in [0.15, 0.2) is 59.3 Å². The molecule has 0 radical (unpaired) electrons. The highest BCUT2D eigenvalue weighted by atomic mass is 79.9. The Hall–Kier alpha value is -2.47. The zero-order valence-electron chi connectivity index (χ0n) is 12.1. The lowest BCUT2D eigenvalue weighted by Gasteiger charge is -2.06. The van der Waals surface area contributed by atoms with Crippen LogP contribution in [-0.4, -0.2) is 27.9 Å². The Balaban J connectivity index is 1.60. The molecule has 0 bridgehead atoms. The highest BCUT2D eigenvalue weighted by molar-refractivity contribution is 9.10. The van der Waals surface area contributed by atoms with E-state index in [0.29, 0.717) is 5.56 Å². The van der Waals surface area contributed by atoms with Crippen molar-refractivity contribution in [3.8, 4) is 0 Å². The molecule has 5 nitrogen and oxygen atoms in total. The van der Waals surface area contributed by atoms with Gasteiger partial charge in [0.1, 0.15) is 6.54 Å². The fourth-order valence-corrected chi connectivity index (χ4v) is 2.61. The second-order valence-electron chi connectivity index (χ2n) is 4.96. The summed E-state index contributed by atoms with van der Waals surface area (Å²) in [5, 5.41) is 0. The number of benzene rings is 2. The number of nitrogens with zero attached hydrogens (tertiary/aromatic N) is 2. The first-order valence-corrected chi connectivity index (χ1v) is 7.77. The molecule has 3 aromatic rings. The molecule has 23 heavy (non-hydrogen) atoms.